The van der Waals surface area contributed by atoms with E-state index in [-0.39, 0.29) is 11.1 Å². The Morgan fingerprint density at radius 3 is 1.95 bits per heavy atom. The predicted octanol–water partition coefficient (Wildman–Crippen LogP) is 5.16. The molecule has 6 nitrogen and oxygen atoms in total. The van der Waals surface area contributed by atoms with Gasteiger partial charge in [0.15, 0.2) is 0 Å². The Balaban J connectivity index is 1.56. The monoisotopic (exact) mass is 569 g/mol. The number of benzene rings is 3. The summed E-state index contributed by atoms with van der Waals surface area (Å²) in [6.45, 7) is 0. The number of Topliss-reactive ketones (excluding diaryl/α,β-unsaturated/α-hetero) is 2. The number of alkyl halides is 3. The molecule has 37 heavy (non-hydrogen) atoms. The van der Waals surface area contributed by atoms with E-state index < -0.39 is 64.3 Å². The molecule has 0 saturated carbocycles. The Labute approximate surface area is 216 Å². The molecule has 186 valence electrons. The van der Waals surface area contributed by atoms with Gasteiger partial charge in [-0.05, 0) is 29.8 Å². The van der Waals surface area contributed by atoms with Crippen molar-refractivity contribution in [3.05, 3.63) is 99.5 Å². The van der Waals surface area contributed by atoms with Crippen molar-refractivity contribution in [1.29, 1.82) is 0 Å². The molecule has 10 heteroatoms. The van der Waals surface area contributed by atoms with Crippen LogP contribution in [-0.2, 0) is 20.5 Å². The summed E-state index contributed by atoms with van der Waals surface area (Å²) in [6.07, 6.45) is -6.08. The quantitative estimate of drug-likeness (QED) is 0.314. The number of carbonyl (C=O) groups is 4. The van der Waals surface area contributed by atoms with Crippen LogP contribution in [0.4, 0.5) is 18.9 Å². The molecule has 0 aromatic heterocycles. The second-order valence-corrected chi connectivity index (χ2v) is 9.98. The molecule has 3 aromatic rings. The number of ketones is 2. The van der Waals surface area contributed by atoms with Gasteiger partial charge in [0.2, 0.25) is 29.0 Å². The van der Waals surface area contributed by atoms with E-state index in [1.807, 2.05) is 0 Å². The van der Waals surface area contributed by atoms with Crippen LogP contribution in [-0.4, -0.2) is 29.0 Å². The zero-order valence-corrected chi connectivity index (χ0v) is 20.2. The van der Waals surface area contributed by atoms with Crippen LogP contribution >= 0.6 is 15.9 Å². The summed E-state index contributed by atoms with van der Waals surface area (Å²) in [5.74, 6) is -6.64. The first-order valence-electron chi connectivity index (χ1n) is 11.2. The van der Waals surface area contributed by atoms with Crippen molar-refractivity contribution < 1.29 is 37.1 Å². The van der Waals surface area contributed by atoms with Gasteiger partial charge in [0.25, 0.3) is 0 Å². The SMILES string of the molecule is O=C1[C@@H]2[C@@H](c3ccc(Br)cc3)OC3(C(=O)c4ccccc4C3=O)[C@H]2C(=O)N1c1ccccc1C(F)(F)F. The molecule has 0 N–H and O–H groups in total. The Morgan fingerprint density at radius 2 is 1.35 bits per heavy atom. The van der Waals surface area contributed by atoms with Crippen molar-refractivity contribution in [1.82, 2.24) is 0 Å². The number of anilines is 1. The molecule has 2 heterocycles. The summed E-state index contributed by atoms with van der Waals surface area (Å²) in [5, 5.41) is 0. The third kappa shape index (κ3) is 3.15. The van der Waals surface area contributed by atoms with Crippen LogP contribution in [0, 0.1) is 11.8 Å². The Hall–Kier alpha value is -3.63. The zero-order chi connectivity index (χ0) is 26.3. The van der Waals surface area contributed by atoms with E-state index >= 15 is 0 Å². The first kappa shape index (κ1) is 23.7. The molecule has 0 radical (unpaired) electrons. The van der Waals surface area contributed by atoms with Crippen molar-refractivity contribution in [3.8, 4) is 0 Å². The van der Waals surface area contributed by atoms with E-state index in [2.05, 4.69) is 15.9 Å². The van der Waals surface area contributed by atoms with E-state index in [1.165, 1.54) is 18.2 Å². The van der Waals surface area contributed by atoms with Crippen LogP contribution < -0.4 is 4.90 Å². The summed E-state index contributed by atoms with van der Waals surface area (Å²) in [6, 6.07) is 16.7. The van der Waals surface area contributed by atoms with Crippen molar-refractivity contribution >= 4 is 45.0 Å². The molecular formula is C27H15BrF3NO5. The molecule has 3 atom stereocenters. The Morgan fingerprint density at radius 1 is 0.784 bits per heavy atom. The molecule has 6 rings (SSSR count). The Kier molecular flexibility index (Phi) is 5.09. The van der Waals surface area contributed by atoms with Crippen LogP contribution in [0.3, 0.4) is 0 Å². The number of imide groups is 1. The van der Waals surface area contributed by atoms with Crippen molar-refractivity contribution in [2.75, 3.05) is 4.90 Å². The molecule has 3 aromatic carbocycles. The van der Waals surface area contributed by atoms with Gasteiger partial charge in [-0.15, -0.1) is 0 Å². The summed E-state index contributed by atoms with van der Waals surface area (Å²) in [5.41, 5.74) is -3.72. The molecule has 1 spiro atoms. The largest absolute Gasteiger partial charge is 0.418 e. The standard InChI is InChI=1S/C27H15BrF3NO5/c28-14-11-9-13(10-12-14)21-19-20(26(37-21)22(33)15-5-1-2-6-16(15)23(26)34)25(36)32(24(19)35)18-8-4-3-7-17(18)27(29,30)31/h1-12,19-21H/t19-,20+,21+/m0/s1. The number of amides is 2. The van der Waals surface area contributed by atoms with Gasteiger partial charge >= 0.3 is 6.18 Å². The lowest BCUT2D eigenvalue weighted by atomic mass is 9.77. The minimum Gasteiger partial charge on any atom is -0.349 e. The Bertz CT molecular complexity index is 1480. The number of rotatable bonds is 2. The number of ether oxygens (including phenoxy) is 1. The average Bonchev–Trinajstić information content (AvgIpc) is 3.44. The van der Waals surface area contributed by atoms with Crippen LogP contribution in [0.25, 0.3) is 0 Å². The van der Waals surface area contributed by atoms with Crippen LogP contribution in [0.15, 0.2) is 77.3 Å². The normalized spacial score (nSPS) is 24.2. The van der Waals surface area contributed by atoms with Crippen LogP contribution in [0.1, 0.15) is 37.9 Å². The number of hydrogen-bond acceptors (Lipinski definition) is 5. The first-order valence-corrected chi connectivity index (χ1v) is 12.0. The van der Waals surface area contributed by atoms with Gasteiger partial charge in [-0.2, -0.15) is 13.2 Å². The summed E-state index contributed by atoms with van der Waals surface area (Å²) < 4.78 is 48.3. The summed E-state index contributed by atoms with van der Waals surface area (Å²) >= 11 is 3.31. The molecule has 1 aliphatic carbocycles. The third-order valence-electron chi connectivity index (χ3n) is 7.17. The van der Waals surface area contributed by atoms with Crippen molar-refractivity contribution in [3.63, 3.8) is 0 Å². The van der Waals surface area contributed by atoms with E-state index in [9.17, 15) is 32.3 Å². The fraction of sp³-hybridized carbons (Fsp3) is 0.185. The molecule has 0 bridgehead atoms. The van der Waals surface area contributed by atoms with Gasteiger partial charge in [0.05, 0.1) is 29.2 Å². The molecule has 2 aliphatic heterocycles. The smallest absolute Gasteiger partial charge is 0.349 e. The maximum absolute atomic E-state index is 13.9. The highest BCUT2D eigenvalue weighted by Gasteiger charge is 2.75. The molecule has 2 amide bonds. The lowest BCUT2D eigenvalue weighted by Gasteiger charge is -2.28. The zero-order valence-electron chi connectivity index (χ0n) is 18.7. The van der Waals surface area contributed by atoms with Crippen LogP contribution in [0.5, 0.6) is 0 Å². The number of halogens is 4. The third-order valence-corrected chi connectivity index (χ3v) is 7.70. The summed E-state index contributed by atoms with van der Waals surface area (Å²) in [7, 11) is 0. The van der Waals surface area contributed by atoms with Crippen molar-refractivity contribution in [2.24, 2.45) is 11.8 Å². The predicted molar refractivity (Wildman–Crippen MR) is 127 cm³/mol. The molecule has 0 unspecified atom stereocenters. The lowest BCUT2D eigenvalue weighted by molar-refractivity contribution is -0.137. The number of hydrogen-bond donors (Lipinski definition) is 0. The molecule has 2 fully saturated rings. The highest BCUT2D eigenvalue weighted by atomic mass is 79.9. The van der Waals surface area contributed by atoms with E-state index in [4.69, 9.17) is 4.74 Å². The number of fused-ring (bicyclic) bond motifs is 3. The highest BCUT2D eigenvalue weighted by molar-refractivity contribution is 9.10. The topological polar surface area (TPSA) is 80.8 Å². The van der Waals surface area contributed by atoms with Gasteiger partial charge in [-0.3, -0.25) is 19.2 Å². The minimum atomic E-state index is -4.86. The van der Waals surface area contributed by atoms with Gasteiger partial charge in [0.1, 0.15) is 0 Å². The van der Waals surface area contributed by atoms with Gasteiger partial charge in [-0.1, -0.05) is 64.5 Å². The fourth-order valence-corrected chi connectivity index (χ4v) is 5.88. The van der Waals surface area contributed by atoms with Gasteiger partial charge in [-0.25, -0.2) is 4.90 Å². The first-order chi connectivity index (χ1) is 17.6. The lowest BCUT2D eigenvalue weighted by Crippen LogP contribution is -2.51. The summed E-state index contributed by atoms with van der Waals surface area (Å²) in [4.78, 5) is 55.5. The second-order valence-electron chi connectivity index (χ2n) is 9.06. The maximum atomic E-state index is 13.9. The van der Waals surface area contributed by atoms with E-state index in [0.29, 0.717) is 14.9 Å². The van der Waals surface area contributed by atoms with E-state index in [1.54, 1.807) is 36.4 Å². The average molecular weight is 570 g/mol. The van der Waals surface area contributed by atoms with Crippen molar-refractivity contribution in [2.45, 2.75) is 17.9 Å². The highest BCUT2D eigenvalue weighted by Crippen LogP contribution is 2.58. The maximum Gasteiger partial charge on any atom is 0.418 e. The number of para-hydroxylation sites is 1. The van der Waals surface area contributed by atoms with Crippen LogP contribution in [0.2, 0.25) is 0 Å². The minimum absolute atomic E-state index is 0.0390. The second kappa shape index (κ2) is 7.93. The van der Waals surface area contributed by atoms with Gasteiger partial charge in [0, 0.05) is 15.6 Å². The number of carbonyl (C=O) groups excluding carboxylic acids is 4. The molecular weight excluding hydrogens is 555 g/mol. The van der Waals surface area contributed by atoms with E-state index in [0.717, 1.165) is 18.2 Å². The molecule has 2 saturated heterocycles. The fourth-order valence-electron chi connectivity index (χ4n) is 5.62. The van der Waals surface area contributed by atoms with Gasteiger partial charge < -0.3 is 4.74 Å². The number of nitrogens with zero attached hydrogens (tertiary/aromatic N) is 1. The molecule has 3 aliphatic rings.